The summed E-state index contributed by atoms with van der Waals surface area (Å²) < 4.78 is 0. The number of thiol groups is 1. The van der Waals surface area contributed by atoms with Crippen LogP contribution in [0.5, 0.6) is 0 Å². The van der Waals surface area contributed by atoms with Gasteiger partial charge in [0.05, 0.1) is 12.6 Å². The van der Waals surface area contributed by atoms with Crippen molar-refractivity contribution < 1.29 is 29.1 Å². The summed E-state index contributed by atoms with van der Waals surface area (Å²) in [4.78, 5) is 67.3. The van der Waals surface area contributed by atoms with E-state index >= 15 is 0 Å². The van der Waals surface area contributed by atoms with Crippen LogP contribution in [0.3, 0.4) is 0 Å². The Morgan fingerprint density at radius 2 is 1.76 bits per heavy atom. The topological polar surface area (TPSA) is 261 Å². The van der Waals surface area contributed by atoms with Crippen LogP contribution >= 0.6 is 12.6 Å². The predicted octanol–water partition coefficient (Wildman–Crippen LogP) is -3.41. The number of nitrogens with one attached hydrogen (secondary N) is 3. The molecule has 0 radical (unpaired) electrons. The first-order valence-electron chi connectivity index (χ1n) is 12.5. The number of rotatable bonds is 17. The number of unbranched alkanes of at least 4 members (excludes halogenated alkanes) is 1. The normalized spacial score (nSPS) is 17.1. The van der Waals surface area contributed by atoms with Crippen molar-refractivity contribution in [2.75, 3.05) is 31.9 Å². The molecule has 216 valence electrons. The zero-order chi connectivity index (χ0) is 28.7. The second-order valence-corrected chi connectivity index (χ2v) is 9.31. The van der Waals surface area contributed by atoms with Gasteiger partial charge in [-0.25, -0.2) is 4.79 Å². The van der Waals surface area contributed by atoms with Gasteiger partial charge in [0, 0.05) is 18.8 Å². The van der Waals surface area contributed by atoms with Crippen LogP contribution in [0.25, 0.3) is 0 Å². The third-order valence-electron chi connectivity index (χ3n) is 5.94. The first-order chi connectivity index (χ1) is 18.0. The largest absolute Gasteiger partial charge is 0.480 e. The van der Waals surface area contributed by atoms with E-state index in [2.05, 4.69) is 33.6 Å². The molecule has 1 fully saturated rings. The third-order valence-corrected chi connectivity index (χ3v) is 6.31. The van der Waals surface area contributed by atoms with E-state index in [4.69, 9.17) is 22.9 Å². The van der Waals surface area contributed by atoms with E-state index in [0.29, 0.717) is 51.6 Å². The maximum absolute atomic E-state index is 13.4. The number of aliphatic carboxylic acids is 1. The van der Waals surface area contributed by atoms with Gasteiger partial charge in [-0.2, -0.15) is 12.6 Å². The van der Waals surface area contributed by atoms with E-state index < -0.39 is 60.3 Å². The molecular weight excluding hydrogens is 518 g/mol. The number of carboxylic acid groups (broad SMARTS) is 1. The highest BCUT2D eigenvalue weighted by atomic mass is 32.1. The summed E-state index contributed by atoms with van der Waals surface area (Å²) >= 11 is 3.94. The minimum absolute atomic E-state index is 0.0572. The molecule has 1 heterocycles. The van der Waals surface area contributed by atoms with Gasteiger partial charge in [0.1, 0.15) is 18.1 Å². The molecule has 0 saturated carbocycles. The van der Waals surface area contributed by atoms with Gasteiger partial charge in [0.25, 0.3) is 0 Å². The summed E-state index contributed by atoms with van der Waals surface area (Å²) in [5.41, 5.74) is 21.9. The molecule has 0 aliphatic carbocycles. The number of guanidine groups is 1. The lowest BCUT2D eigenvalue weighted by Crippen LogP contribution is -2.56. The van der Waals surface area contributed by atoms with Crippen molar-refractivity contribution in [3.8, 4) is 0 Å². The Bertz CT molecular complexity index is 855. The number of amides is 4. The van der Waals surface area contributed by atoms with Crippen molar-refractivity contribution in [2.24, 2.45) is 27.9 Å². The van der Waals surface area contributed by atoms with Crippen LogP contribution in [0.4, 0.5) is 0 Å². The highest BCUT2D eigenvalue weighted by Crippen LogP contribution is 2.20. The molecule has 4 unspecified atom stereocenters. The summed E-state index contributed by atoms with van der Waals surface area (Å²) in [6.07, 6.45) is 3.13. The zero-order valence-electron chi connectivity index (χ0n) is 21.4. The highest BCUT2D eigenvalue weighted by molar-refractivity contribution is 7.80. The summed E-state index contributed by atoms with van der Waals surface area (Å²) in [6.45, 7) is 0.607. The number of carbonyl (C=O) groups is 5. The Labute approximate surface area is 227 Å². The fraction of sp³-hybridized carbons (Fsp3) is 0.727. The predicted molar refractivity (Wildman–Crippen MR) is 144 cm³/mol. The van der Waals surface area contributed by atoms with Crippen LogP contribution in [-0.2, 0) is 24.0 Å². The molecule has 1 aliphatic rings. The third kappa shape index (κ3) is 11.5. The Hall–Kier alpha value is -3.11. The second-order valence-electron chi connectivity index (χ2n) is 8.95. The van der Waals surface area contributed by atoms with Gasteiger partial charge in [-0.05, 0) is 51.5 Å². The van der Waals surface area contributed by atoms with Gasteiger partial charge in [-0.15, -0.1) is 0 Å². The number of nitrogens with two attached hydrogens (primary N) is 4. The molecule has 15 nitrogen and oxygen atoms in total. The van der Waals surface area contributed by atoms with Crippen molar-refractivity contribution in [3.05, 3.63) is 0 Å². The molecule has 4 atom stereocenters. The lowest BCUT2D eigenvalue weighted by molar-refractivity contribution is -0.144. The van der Waals surface area contributed by atoms with Crippen molar-refractivity contribution in [1.29, 1.82) is 0 Å². The number of nitrogens with zero attached hydrogens (tertiary/aromatic N) is 2. The maximum Gasteiger partial charge on any atom is 0.327 e. The fourth-order valence-corrected chi connectivity index (χ4v) is 4.15. The van der Waals surface area contributed by atoms with Gasteiger partial charge in [-0.3, -0.25) is 24.2 Å². The molecule has 1 aliphatic heterocycles. The number of carboxylic acids is 1. The fourth-order valence-electron chi connectivity index (χ4n) is 3.90. The molecule has 0 aromatic carbocycles. The average Bonchev–Trinajstić information content (AvgIpc) is 3.37. The molecule has 1 saturated heterocycles. The number of hydrogen-bond donors (Lipinski definition) is 9. The van der Waals surface area contributed by atoms with Crippen molar-refractivity contribution in [2.45, 2.75) is 69.1 Å². The van der Waals surface area contributed by atoms with E-state index in [-0.39, 0.29) is 24.7 Å². The van der Waals surface area contributed by atoms with Crippen molar-refractivity contribution >= 4 is 48.2 Å². The van der Waals surface area contributed by atoms with E-state index in [9.17, 15) is 29.1 Å². The smallest absolute Gasteiger partial charge is 0.327 e. The second kappa shape index (κ2) is 17.4. The van der Waals surface area contributed by atoms with E-state index in [1.54, 1.807) is 0 Å². The molecular formula is C22H41N9O6S. The highest BCUT2D eigenvalue weighted by Gasteiger charge is 2.38. The summed E-state index contributed by atoms with van der Waals surface area (Å²) in [5, 5.41) is 16.7. The van der Waals surface area contributed by atoms with E-state index in [1.807, 2.05) is 0 Å². The molecule has 16 heteroatoms. The Balaban J connectivity index is 2.75. The van der Waals surface area contributed by atoms with Gasteiger partial charge in [0.15, 0.2) is 5.96 Å². The van der Waals surface area contributed by atoms with Crippen molar-refractivity contribution in [3.63, 3.8) is 0 Å². The SMILES string of the molecule is NCCCCC(NC(=O)CNC(=O)C(N)CCCN=C(N)N)C(=O)N1CCCC1C(=O)NC(CS)C(=O)O. The van der Waals surface area contributed by atoms with Gasteiger partial charge < -0.3 is 48.9 Å². The molecule has 0 aromatic heterocycles. The van der Waals surface area contributed by atoms with Crippen LogP contribution in [0.15, 0.2) is 4.99 Å². The van der Waals surface area contributed by atoms with Gasteiger partial charge in [-0.1, -0.05) is 0 Å². The molecule has 0 bridgehead atoms. The molecule has 0 aromatic rings. The number of aliphatic imine (C=N–C) groups is 1. The Morgan fingerprint density at radius 1 is 1.05 bits per heavy atom. The Morgan fingerprint density at radius 3 is 2.37 bits per heavy atom. The van der Waals surface area contributed by atoms with E-state index in [1.165, 1.54) is 4.90 Å². The van der Waals surface area contributed by atoms with Crippen LogP contribution in [0, 0.1) is 0 Å². The summed E-state index contributed by atoms with van der Waals surface area (Å²) in [7, 11) is 0. The molecule has 1 rings (SSSR count). The lowest BCUT2D eigenvalue weighted by Gasteiger charge is -2.29. The van der Waals surface area contributed by atoms with Crippen LogP contribution in [0.1, 0.15) is 44.9 Å². The van der Waals surface area contributed by atoms with Crippen LogP contribution < -0.4 is 38.9 Å². The number of carbonyl (C=O) groups excluding carboxylic acids is 4. The number of likely N-dealkylation sites (tertiary alicyclic amines) is 1. The first-order valence-corrected chi connectivity index (χ1v) is 13.2. The van der Waals surface area contributed by atoms with Crippen molar-refractivity contribution in [1.82, 2.24) is 20.9 Å². The molecule has 4 amide bonds. The van der Waals surface area contributed by atoms with Gasteiger partial charge in [0.2, 0.25) is 23.6 Å². The molecule has 38 heavy (non-hydrogen) atoms. The van der Waals surface area contributed by atoms with Crippen LogP contribution in [0.2, 0.25) is 0 Å². The van der Waals surface area contributed by atoms with E-state index in [0.717, 1.165) is 0 Å². The summed E-state index contributed by atoms with van der Waals surface area (Å²) in [6, 6.07) is -3.87. The first kappa shape index (κ1) is 32.9. The minimum atomic E-state index is -1.23. The zero-order valence-corrected chi connectivity index (χ0v) is 22.3. The molecule has 0 spiro atoms. The maximum atomic E-state index is 13.4. The minimum Gasteiger partial charge on any atom is -0.480 e. The van der Waals surface area contributed by atoms with Gasteiger partial charge >= 0.3 is 5.97 Å². The quantitative estimate of drug-likeness (QED) is 0.0369. The van der Waals surface area contributed by atoms with Crippen LogP contribution in [-0.4, -0.2) is 102 Å². The lowest BCUT2D eigenvalue weighted by atomic mass is 10.1. The summed E-state index contributed by atoms with van der Waals surface area (Å²) in [5.74, 6) is -3.59. The average molecular weight is 560 g/mol. The monoisotopic (exact) mass is 559 g/mol. The standard InChI is InChI=1S/C22H41N9O6S/c23-8-2-1-6-14(29-17(32)11-28-18(33)13(24)5-3-9-27-22(25)26)20(35)31-10-4-7-16(31)19(34)30-15(12-38)21(36)37/h13-16,38H,1-12,23-24H2,(H,28,33)(H,29,32)(H,30,34)(H,36,37)(H4,25,26,27). The molecule has 12 N–H and O–H groups in total. The number of hydrogen-bond acceptors (Lipinski definition) is 9. The Kier molecular flexibility index (Phi) is 15.1.